The number of hydrogen-bond acceptors (Lipinski definition) is 5. The maximum atomic E-state index is 5.42. The summed E-state index contributed by atoms with van der Waals surface area (Å²) in [5, 5.41) is 11.7. The number of rotatable bonds is 8. The highest BCUT2D eigenvalue weighted by Crippen LogP contribution is 2.30. The van der Waals surface area contributed by atoms with E-state index in [9.17, 15) is 0 Å². The van der Waals surface area contributed by atoms with Crippen molar-refractivity contribution in [3.63, 3.8) is 0 Å². The molecule has 1 aliphatic rings. The van der Waals surface area contributed by atoms with E-state index in [2.05, 4.69) is 51.6 Å². The molecule has 0 radical (unpaired) electrons. The van der Waals surface area contributed by atoms with Gasteiger partial charge < -0.3 is 25.0 Å². The number of halogens is 1. The Labute approximate surface area is 208 Å². The molecule has 2 heterocycles. The van der Waals surface area contributed by atoms with Gasteiger partial charge in [0.25, 0.3) is 0 Å². The number of ether oxygens (including phenoxy) is 2. The molecule has 0 amide bonds. The summed E-state index contributed by atoms with van der Waals surface area (Å²) in [4.78, 5) is 6.79. The summed E-state index contributed by atoms with van der Waals surface area (Å²) in [5.41, 5.74) is 4.83. The minimum Gasteiger partial charge on any atom is -0.497 e. The molecule has 1 aliphatic heterocycles. The first-order valence-electron chi connectivity index (χ1n) is 11.0. The van der Waals surface area contributed by atoms with E-state index in [1.165, 1.54) is 11.3 Å². The fourth-order valence-corrected chi connectivity index (χ4v) is 4.24. The maximum Gasteiger partial charge on any atom is 0.191 e. The van der Waals surface area contributed by atoms with Gasteiger partial charge in [-0.05, 0) is 19.3 Å². The molecule has 0 aliphatic carbocycles. The number of hydrogen-bond donors (Lipinski definition) is 2. The zero-order chi connectivity index (χ0) is 22.4. The molecule has 0 saturated carbocycles. The third-order valence-electron chi connectivity index (χ3n) is 5.91. The van der Waals surface area contributed by atoms with Crippen LogP contribution in [0.1, 0.15) is 37.2 Å². The molecule has 8 nitrogen and oxygen atoms in total. The zero-order valence-corrected chi connectivity index (χ0v) is 22.4. The van der Waals surface area contributed by atoms with Gasteiger partial charge in [0.05, 0.1) is 19.9 Å². The molecule has 1 unspecified atom stereocenters. The monoisotopic (exact) mass is 556 g/mol. The number of methoxy groups -OCH3 is 2. The Bertz CT molecular complexity index is 892. The van der Waals surface area contributed by atoms with E-state index >= 15 is 0 Å². The Morgan fingerprint density at radius 3 is 2.41 bits per heavy atom. The molecule has 1 aromatic heterocycles. The lowest BCUT2D eigenvalue weighted by Crippen LogP contribution is -2.44. The Hall–Kier alpha value is -2.17. The molecule has 2 aromatic rings. The van der Waals surface area contributed by atoms with Crippen LogP contribution in [0.15, 0.2) is 23.2 Å². The molecule has 1 fully saturated rings. The number of benzene rings is 1. The molecule has 32 heavy (non-hydrogen) atoms. The fraction of sp³-hybridized carbons (Fsp3) is 0.565. The van der Waals surface area contributed by atoms with Gasteiger partial charge >= 0.3 is 0 Å². The van der Waals surface area contributed by atoms with Crippen LogP contribution in [0.2, 0.25) is 0 Å². The molecule has 1 atom stereocenters. The number of anilines is 1. The molecule has 0 spiro atoms. The van der Waals surface area contributed by atoms with Crippen molar-refractivity contribution in [2.45, 2.75) is 45.7 Å². The third kappa shape index (κ3) is 5.99. The summed E-state index contributed by atoms with van der Waals surface area (Å²) < 4.78 is 12.8. The lowest BCUT2D eigenvalue weighted by Gasteiger charge is -2.21. The fourth-order valence-electron chi connectivity index (χ4n) is 4.24. The average Bonchev–Trinajstić information content (AvgIpc) is 3.39. The summed E-state index contributed by atoms with van der Waals surface area (Å²) in [6.07, 6.45) is 2.93. The van der Waals surface area contributed by atoms with Crippen molar-refractivity contribution in [3.8, 4) is 11.5 Å². The van der Waals surface area contributed by atoms with E-state index < -0.39 is 0 Å². The normalized spacial score (nSPS) is 16.0. The zero-order valence-electron chi connectivity index (χ0n) is 20.1. The minimum absolute atomic E-state index is 0. The van der Waals surface area contributed by atoms with Gasteiger partial charge in [-0.1, -0.05) is 13.8 Å². The van der Waals surface area contributed by atoms with Crippen LogP contribution in [0.4, 0.5) is 5.69 Å². The minimum atomic E-state index is 0. The molecule has 9 heteroatoms. The highest BCUT2D eigenvalue weighted by Gasteiger charge is 2.24. The molecule has 0 bridgehead atoms. The van der Waals surface area contributed by atoms with E-state index in [-0.39, 0.29) is 24.0 Å². The second kappa shape index (κ2) is 12.2. The van der Waals surface area contributed by atoms with Crippen molar-refractivity contribution in [1.29, 1.82) is 0 Å². The Balaban J connectivity index is 0.00000363. The van der Waals surface area contributed by atoms with Crippen molar-refractivity contribution in [3.05, 3.63) is 35.2 Å². The van der Waals surface area contributed by atoms with E-state index in [0.29, 0.717) is 6.04 Å². The summed E-state index contributed by atoms with van der Waals surface area (Å²) in [5.74, 6) is 2.43. The van der Waals surface area contributed by atoms with Gasteiger partial charge in [-0.3, -0.25) is 9.67 Å². The molecule has 1 saturated heterocycles. The van der Waals surface area contributed by atoms with Crippen molar-refractivity contribution in [2.75, 3.05) is 39.3 Å². The number of guanidine groups is 1. The van der Waals surface area contributed by atoms with Gasteiger partial charge in [-0.2, -0.15) is 5.10 Å². The van der Waals surface area contributed by atoms with Gasteiger partial charge in [-0.15, -0.1) is 24.0 Å². The van der Waals surface area contributed by atoms with Crippen LogP contribution in [-0.4, -0.2) is 56.1 Å². The summed E-state index contributed by atoms with van der Waals surface area (Å²) in [6.45, 7) is 6.91. The highest BCUT2D eigenvalue weighted by molar-refractivity contribution is 14.0. The first kappa shape index (κ1) is 26.1. The number of aliphatic imine (C=N–C) groups is 1. The summed E-state index contributed by atoms with van der Waals surface area (Å²) in [7, 11) is 7.20. The Morgan fingerprint density at radius 2 is 1.84 bits per heavy atom. The van der Waals surface area contributed by atoms with Crippen LogP contribution in [0.5, 0.6) is 11.5 Å². The molecular formula is C23H37IN6O2. The van der Waals surface area contributed by atoms with Gasteiger partial charge in [0.2, 0.25) is 0 Å². The van der Waals surface area contributed by atoms with Gasteiger partial charge in [0, 0.05) is 74.9 Å². The van der Waals surface area contributed by atoms with Crippen LogP contribution in [0.3, 0.4) is 0 Å². The van der Waals surface area contributed by atoms with Crippen molar-refractivity contribution >= 4 is 35.6 Å². The SMILES string of the molecule is CCc1nn(C)c(CC)c1CNC(=NC)NC1CCN(c2cc(OC)cc(OC)c2)C1.I. The maximum absolute atomic E-state index is 5.42. The van der Waals surface area contributed by atoms with Crippen LogP contribution < -0.4 is 25.0 Å². The Kier molecular flexibility index (Phi) is 9.92. The topological polar surface area (TPSA) is 75.9 Å². The Morgan fingerprint density at radius 1 is 1.16 bits per heavy atom. The number of aryl methyl sites for hydroxylation is 2. The molecular weight excluding hydrogens is 519 g/mol. The largest absolute Gasteiger partial charge is 0.497 e. The predicted octanol–water partition coefficient (Wildman–Crippen LogP) is 3.12. The van der Waals surface area contributed by atoms with E-state index in [0.717, 1.165) is 67.7 Å². The van der Waals surface area contributed by atoms with E-state index in [4.69, 9.17) is 9.47 Å². The first-order chi connectivity index (χ1) is 15.0. The first-order valence-corrected chi connectivity index (χ1v) is 11.0. The standard InChI is InChI=1S/C23H36N6O2.HI/c1-7-21-20(22(8-2)28(4)27-21)14-25-23(24-3)26-16-9-10-29(15-16)17-11-18(30-5)13-19(12-17)31-6;/h11-13,16H,7-10,14-15H2,1-6H3,(H2,24,25,26);1H. The second-order valence-corrected chi connectivity index (χ2v) is 7.78. The van der Waals surface area contributed by atoms with Crippen LogP contribution in [0.25, 0.3) is 0 Å². The van der Waals surface area contributed by atoms with Gasteiger partial charge in [0.1, 0.15) is 11.5 Å². The van der Waals surface area contributed by atoms with Crippen LogP contribution in [0, 0.1) is 0 Å². The molecule has 2 N–H and O–H groups in total. The predicted molar refractivity (Wildman–Crippen MR) is 141 cm³/mol. The molecule has 3 rings (SSSR count). The lowest BCUT2D eigenvalue weighted by atomic mass is 10.1. The third-order valence-corrected chi connectivity index (χ3v) is 5.91. The highest BCUT2D eigenvalue weighted by atomic mass is 127. The van der Waals surface area contributed by atoms with Gasteiger partial charge in [0.15, 0.2) is 5.96 Å². The van der Waals surface area contributed by atoms with E-state index in [1.807, 2.05) is 24.8 Å². The van der Waals surface area contributed by atoms with Crippen molar-refractivity contribution in [1.82, 2.24) is 20.4 Å². The quantitative estimate of drug-likeness (QED) is 0.296. The van der Waals surface area contributed by atoms with Gasteiger partial charge in [-0.25, -0.2) is 0 Å². The molecule has 178 valence electrons. The van der Waals surface area contributed by atoms with Crippen molar-refractivity contribution in [2.24, 2.45) is 12.0 Å². The number of nitrogens with zero attached hydrogens (tertiary/aromatic N) is 4. The van der Waals surface area contributed by atoms with Crippen molar-refractivity contribution < 1.29 is 9.47 Å². The number of aromatic nitrogens is 2. The lowest BCUT2D eigenvalue weighted by molar-refractivity contribution is 0.394. The second-order valence-electron chi connectivity index (χ2n) is 7.78. The van der Waals surface area contributed by atoms with Crippen LogP contribution >= 0.6 is 24.0 Å². The number of nitrogens with one attached hydrogen (secondary N) is 2. The van der Waals surface area contributed by atoms with E-state index in [1.54, 1.807) is 14.2 Å². The average molecular weight is 556 g/mol. The summed E-state index contributed by atoms with van der Waals surface area (Å²) in [6, 6.07) is 6.32. The van der Waals surface area contributed by atoms with Crippen LogP contribution in [-0.2, 0) is 26.4 Å². The smallest absolute Gasteiger partial charge is 0.191 e. The molecule has 1 aromatic carbocycles. The summed E-state index contributed by atoms with van der Waals surface area (Å²) >= 11 is 0.